The van der Waals surface area contributed by atoms with Crippen molar-refractivity contribution in [3.8, 4) is 11.3 Å². The molecule has 4 heteroatoms. The Kier molecular flexibility index (Phi) is 3.61. The van der Waals surface area contributed by atoms with Gasteiger partial charge in [-0.15, -0.1) is 0 Å². The number of carbonyl (C=O) groups is 1. The highest BCUT2D eigenvalue weighted by Gasteiger charge is 2.20. The molecule has 0 saturated heterocycles. The monoisotopic (exact) mass is 351 g/mol. The molecule has 2 aromatic heterocycles. The predicted octanol–water partition coefficient (Wildman–Crippen LogP) is 4.82. The van der Waals surface area contributed by atoms with E-state index in [1.807, 2.05) is 71.1 Å². The van der Waals surface area contributed by atoms with Gasteiger partial charge in [-0.3, -0.25) is 9.20 Å². The van der Waals surface area contributed by atoms with Gasteiger partial charge in [0.05, 0.1) is 17.6 Å². The summed E-state index contributed by atoms with van der Waals surface area (Å²) in [5, 5.41) is 0. The molecule has 4 nitrogen and oxygen atoms in total. The Morgan fingerprint density at radius 3 is 2.11 bits per heavy atom. The number of para-hydroxylation sites is 2. The first kappa shape index (κ1) is 15.6. The molecule has 27 heavy (non-hydrogen) atoms. The van der Waals surface area contributed by atoms with Crippen LogP contribution in [0.5, 0.6) is 0 Å². The standard InChI is InChI=1S/C23H17N3O/c27-16-21-22(18-11-5-2-6-12-18)24-23-25(15-17-9-3-1-4-10-17)19-13-7-8-14-20(19)26(21)23/h1-14,16H,15H2. The number of imidazole rings is 2. The SMILES string of the molecule is O=Cc1c(-c2ccccc2)nc2n(Cc3ccccc3)c3ccccc3n12. The Labute approximate surface area is 156 Å². The second-order valence-corrected chi connectivity index (χ2v) is 6.53. The van der Waals surface area contributed by atoms with Gasteiger partial charge in [0.25, 0.3) is 0 Å². The minimum Gasteiger partial charge on any atom is -0.305 e. The van der Waals surface area contributed by atoms with Gasteiger partial charge in [0.2, 0.25) is 5.78 Å². The smallest absolute Gasteiger partial charge is 0.216 e. The molecule has 3 aromatic carbocycles. The van der Waals surface area contributed by atoms with Gasteiger partial charge in [0.1, 0.15) is 11.4 Å². The Morgan fingerprint density at radius 2 is 1.41 bits per heavy atom. The fourth-order valence-electron chi connectivity index (χ4n) is 3.67. The van der Waals surface area contributed by atoms with Crippen molar-refractivity contribution in [2.75, 3.05) is 0 Å². The first-order valence-electron chi connectivity index (χ1n) is 8.91. The maximum atomic E-state index is 12.0. The van der Waals surface area contributed by atoms with Gasteiger partial charge in [-0.2, -0.15) is 0 Å². The van der Waals surface area contributed by atoms with Crippen LogP contribution in [-0.2, 0) is 6.54 Å². The zero-order valence-electron chi connectivity index (χ0n) is 14.6. The predicted molar refractivity (Wildman–Crippen MR) is 107 cm³/mol. The summed E-state index contributed by atoms with van der Waals surface area (Å²) in [6.45, 7) is 0.696. The van der Waals surface area contributed by atoms with Crippen molar-refractivity contribution >= 4 is 23.1 Å². The lowest BCUT2D eigenvalue weighted by molar-refractivity contribution is 0.111. The molecule has 0 unspecified atom stereocenters. The molecule has 2 heterocycles. The van der Waals surface area contributed by atoms with Crippen LogP contribution in [0, 0.1) is 0 Å². The normalized spacial score (nSPS) is 11.3. The number of fused-ring (bicyclic) bond motifs is 3. The summed E-state index contributed by atoms with van der Waals surface area (Å²) < 4.78 is 4.14. The highest BCUT2D eigenvalue weighted by atomic mass is 16.1. The van der Waals surface area contributed by atoms with Crippen LogP contribution in [0.2, 0.25) is 0 Å². The second-order valence-electron chi connectivity index (χ2n) is 6.53. The van der Waals surface area contributed by atoms with Crippen LogP contribution in [0.3, 0.4) is 0 Å². The van der Waals surface area contributed by atoms with Crippen molar-refractivity contribution in [3.63, 3.8) is 0 Å². The zero-order valence-corrected chi connectivity index (χ0v) is 14.6. The molecule has 0 amide bonds. The van der Waals surface area contributed by atoms with Crippen LogP contribution < -0.4 is 0 Å². The lowest BCUT2D eigenvalue weighted by Crippen LogP contribution is -2.00. The number of hydrogen-bond donors (Lipinski definition) is 0. The number of aromatic nitrogens is 3. The summed E-state index contributed by atoms with van der Waals surface area (Å²) in [6, 6.07) is 28.3. The molecule has 0 bridgehead atoms. The van der Waals surface area contributed by atoms with Crippen LogP contribution in [-0.4, -0.2) is 20.2 Å². The van der Waals surface area contributed by atoms with Gasteiger partial charge < -0.3 is 4.57 Å². The number of carbonyl (C=O) groups excluding carboxylic acids is 1. The largest absolute Gasteiger partial charge is 0.305 e. The van der Waals surface area contributed by atoms with Gasteiger partial charge in [-0.05, 0) is 17.7 Å². The topological polar surface area (TPSA) is 39.3 Å². The molecule has 0 aliphatic rings. The van der Waals surface area contributed by atoms with Crippen molar-refractivity contribution in [2.24, 2.45) is 0 Å². The van der Waals surface area contributed by atoms with E-state index in [1.165, 1.54) is 5.56 Å². The van der Waals surface area contributed by atoms with Gasteiger partial charge in [-0.1, -0.05) is 72.8 Å². The molecule has 0 radical (unpaired) electrons. The maximum absolute atomic E-state index is 12.0. The van der Waals surface area contributed by atoms with Crippen molar-refractivity contribution in [3.05, 3.63) is 96.2 Å². The van der Waals surface area contributed by atoms with E-state index in [4.69, 9.17) is 4.98 Å². The Hall–Kier alpha value is -3.66. The summed E-state index contributed by atoms with van der Waals surface area (Å²) >= 11 is 0. The minimum absolute atomic E-state index is 0.583. The molecule has 5 aromatic rings. The first-order chi connectivity index (χ1) is 13.4. The van der Waals surface area contributed by atoms with Crippen molar-refractivity contribution < 1.29 is 4.79 Å². The number of nitrogens with zero attached hydrogens (tertiary/aromatic N) is 3. The molecule has 0 N–H and O–H groups in total. The average molecular weight is 351 g/mol. The molecule has 0 aliphatic heterocycles. The molecule has 0 spiro atoms. The third kappa shape index (κ3) is 2.46. The van der Waals surface area contributed by atoms with Crippen LogP contribution in [0.4, 0.5) is 0 Å². The number of benzene rings is 3. The summed E-state index contributed by atoms with van der Waals surface area (Å²) in [5.41, 5.74) is 5.48. The first-order valence-corrected chi connectivity index (χ1v) is 8.91. The van der Waals surface area contributed by atoms with Crippen molar-refractivity contribution in [1.82, 2.24) is 14.0 Å². The van der Waals surface area contributed by atoms with Crippen LogP contribution in [0.1, 0.15) is 16.1 Å². The van der Waals surface area contributed by atoms with Crippen molar-refractivity contribution in [1.29, 1.82) is 0 Å². The molecule has 130 valence electrons. The van der Waals surface area contributed by atoms with Gasteiger partial charge >= 0.3 is 0 Å². The van der Waals surface area contributed by atoms with E-state index in [0.717, 1.165) is 28.7 Å². The van der Waals surface area contributed by atoms with Crippen LogP contribution >= 0.6 is 0 Å². The molecular weight excluding hydrogens is 334 g/mol. The molecule has 0 fully saturated rings. The Morgan fingerprint density at radius 1 is 0.778 bits per heavy atom. The summed E-state index contributed by atoms with van der Waals surface area (Å²) in [7, 11) is 0. The van der Waals surface area contributed by atoms with E-state index in [1.54, 1.807) is 0 Å². The van der Waals surface area contributed by atoms with E-state index in [0.29, 0.717) is 17.9 Å². The third-order valence-corrected chi connectivity index (χ3v) is 4.89. The van der Waals surface area contributed by atoms with Crippen molar-refractivity contribution in [2.45, 2.75) is 6.54 Å². The summed E-state index contributed by atoms with van der Waals surface area (Å²) in [4.78, 5) is 16.9. The highest BCUT2D eigenvalue weighted by molar-refractivity contribution is 5.91. The molecule has 0 saturated carbocycles. The maximum Gasteiger partial charge on any atom is 0.216 e. The average Bonchev–Trinajstić information content (AvgIpc) is 3.25. The van der Waals surface area contributed by atoms with Gasteiger partial charge in [0.15, 0.2) is 6.29 Å². The van der Waals surface area contributed by atoms with E-state index in [2.05, 4.69) is 22.8 Å². The fraction of sp³-hybridized carbons (Fsp3) is 0.0435. The second kappa shape index (κ2) is 6.25. The van der Waals surface area contributed by atoms with E-state index < -0.39 is 0 Å². The van der Waals surface area contributed by atoms with Gasteiger partial charge in [0, 0.05) is 5.56 Å². The van der Waals surface area contributed by atoms with Crippen LogP contribution in [0.25, 0.3) is 28.1 Å². The zero-order chi connectivity index (χ0) is 18.2. The lowest BCUT2D eigenvalue weighted by atomic mass is 10.1. The minimum atomic E-state index is 0.583. The van der Waals surface area contributed by atoms with E-state index >= 15 is 0 Å². The van der Waals surface area contributed by atoms with E-state index in [9.17, 15) is 4.79 Å². The fourth-order valence-corrected chi connectivity index (χ4v) is 3.67. The van der Waals surface area contributed by atoms with Crippen LogP contribution in [0.15, 0.2) is 84.9 Å². The van der Waals surface area contributed by atoms with E-state index in [-0.39, 0.29) is 0 Å². The Bertz CT molecular complexity index is 1250. The molecule has 5 rings (SSSR count). The quantitative estimate of drug-likeness (QED) is 0.436. The highest BCUT2D eigenvalue weighted by Crippen LogP contribution is 2.29. The summed E-state index contributed by atoms with van der Waals surface area (Å²) in [6.07, 6.45) is 0.904. The number of rotatable bonds is 4. The number of aldehydes is 1. The summed E-state index contributed by atoms with van der Waals surface area (Å²) in [5.74, 6) is 0.779. The third-order valence-electron chi connectivity index (χ3n) is 4.89. The molecular formula is C23H17N3O. The lowest BCUT2D eigenvalue weighted by Gasteiger charge is -2.05. The molecule has 0 atom stereocenters. The number of hydrogen-bond acceptors (Lipinski definition) is 2. The molecule has 0 aliphatic carbocycles. The Balaban J connectivity index is 1.83. The van der Waals surface area contributed by atoms with Gasteiger partial charge in [-0.25, -0.2) is 4.98 Å².